The number of methoxy groups -OCH3 is 1. The number of rotatable bonds is 3. The minimum Gasteiger partial charge on any atom is -0.451 e. The van der Waals surface area contributed by atoms with Gasteiger partial charge < -0.3 is 9.57 Å². The number of carbonyl (C=O) groups is 4. The third-order valence-electron chi connectivity index (χ3n) is 3.22. The predicted molar refractivity (Wildman–Crippen MR) is 69.8 cm³/mol. The zero-order chi connectivity index (χ0) is 17.2. The van der Waals surface area contributed by atoms with Crippen molar-refractivity contribution in [2.45, 2.75) is 12.5 Å². The maximum Gasteiger partial charge on any atom is 0.435 e. The zero-order valence-corrected chi connectivity index (χ0v) is 12.7. The Labute approximate surface area is 125 Å². The SMILES string of the molecule is CO/N=C(\C)C1(N(O)C(=O)OC)C(=O)N(C)C(=O)N(C)C1=O. The van der Waals surface area contributed by atoms with E-state index in [-0.39, 0.29) is 10.8 Å². The second-order valence-corrected chi connectivity index (χ2v) is 4.36. The van der Waals surface area contributed by atoms with Gasteiger partial charge in [-0.3, -0.25) is 24.6 Å². The molecular weight excluding hydrogens is 300 g/mol. The summed E-state index contributed by atoms with van der Waals surface area (Å²) in [5.74, 6) is -2.35. The van der Waals surface area contributed by atoms with Crippen LogP contribution in [0, 0.1) is 0 Å². The number of oxime groups is 1. The number of ether oxygens (including phenoxy) is 1. The molecule has 11 nitrogen and oxygen atoms in total. The van der Waals surface area contributed by atoms with Crippen molar-refractivity contribution in [3.05, 3.63) is 0 Å². The molecule has 0 aromatic rings. The van der Waals surface area contributed by atoms with Crippen LogP contribution < -0.4 is 0 Å². The van der Waals surface area contributed by atoms with Crippen molar-refractivity contribution in [1.82, 2.24) is 14.9 Å². The highest BCUT2D eigenvalue weighted by molar-refractivity contribution is 6.35. The molecule has 0 aromatic carbocycles. The fraction of sp³-hybridized carbons (Fsp3) is 0.545. The van der Waals surface area contributed by atoms with Crippen LogP contribution in [-0.2, 0) is 19.2 Å². The molecule has 0 aliphatic carbocycles. The van der Waals surface area contributed by atoms with Crippen molar-refractivity contribution in [2.75, 3.05) is 28.3 Å². The lowest BCUT2D eigenvalue weighted by atomic mass is 9.88. The number of nitrogens with zero attached hydrogens (tertiary/aromatic N) is 4. The number of barbiturate groups is 1. The first-order valence-corrected chi connectivity index (χ1v) is 5.93. The monoisotopic (exact) mass is 316 g/mol. The Morgan fingerprint density at radius 2 is 1.64 bits per heavy atom. The van der Waals surface area contributed by atoms with Gasteiger partial charge in [0, 0.05) is 14.1 Å². The second-order valence-electron chi connectivity index (χ2n) is 4.36. The summed E-state index contributed by atoms with van der Waals surface area (Å²) in [5, 5.41) is 13.3. The summed E-state index contributed by atoms with van der Waals surface area (Å²) in [6.07, 6.45) is -1.39. The number of hydroxylamine groups is 2. The molecule has 0 unspecified atom stereocenters. The molecule has 1 saturated heterocycles. The summed E-state index contributed by atoms with van der Waals surface area (Å²) in [6.45, 7) is 1.18. The average molecular weight is 316 g/mol. The molecule has 1 aliphatic rings. The Kier molecular flexibility index (Phi) is 4.71. The predicted octanol–water partition coefficient (Wildman–Crippen LogP) is -0.744. The largest absolute Gasteiger partial charge is 0.451 e. The number of carbonyl (C=O) groups excluding carboxylic acids is 4. The first kappa shape index (κ1) is 17.4. The average Bonchev–Trinajstić information content (AvgIpc) is 2.50. The Morgan fingerprint density at radius 1 is 1.18 bits per heavy atom. The molecule has 0 aromatic heterocycles. The van der Waals surface area contributed by atoms with Gasteiger partial charge >= 0.3 is 12.1 Å². The van der Waals surface area contributed by atoms with Crippen molar-refractivity contribution in [3.8, 4) is 0 Å². The van der Waals surface area contributed by atoms with Crippen LogP contribution in [0.1, 0.15) is 6.92 Å². The second kappa shape index (κ2) is 5.97. The highest BCUT2D eigenvalue weighted by Crippen LogP contribution is 2.28. The van der Waals surface area contributed by atoms with Gasteiger partial charge in [0.05, 0.1) is 7.11 Å². The van der Waals surface area contributed by atoms with Gasteiger partial charge in [0.2, 0.25) is 0 Å². The van der Waals surface area contributed by atoms with Gasteiger partial charge in [-0.1, -0.05) is 5.16 Å². The third-order valence-corrected chi connectivity index (χ3v) is 3.22. The maximum atomic E-state index is 12.5. The standard InChI is InChI=1S/C11H16N4O7/c1-6(12-22-5)11(15(20)10(19)21-4)7(16)13(2)9(18)14(3)8(11)17/h20H,1-5H3/b12-6+. The highest BCUT2D eigenvalue weighted by atomic mass is 16.6. The van der Waals surface area contributed by atoms with Gasteiger partial charge in [-0.25, -0.2) is 9.59 Å². The molecule has 1 fully saturated rings. The lowest BCUT2D eigenvalue weighted by molar-refractivity contribution is -0.178. The van der Waals surface area contributed by atoms with Crippen LogP contribution in [0.5, 0.6) is 0 Å². The molecule has 0 radical (unpaired) electrons. The van der Waals surface area contributed by atoms with Gasteiger partial charge in [0.15, 0.2) is 0 Å². The van der Waals surface area contributed by atoms with Crippen molar-refractivity contribution in [3.63, 3.8) is 0 Å². The number of urea groups is 1. The van der Waals surface area contributed by atoms with E-state index in [1.54, 1.807) is 0 Å². The van der Waals surface area contributed by atoms with Crippen molar-refractivity contribution in [1.29, 1.82) is 0 Å². The highest BCUT2D eigenvalue weighted by Gasteiger charge is 2.64. The lowest BCUT2D eigenvalue weighted by Crippen LogP contribution is -2.76. The molecule has 22 heavy (non-hydrogen) atoms. The molecule has 0 atom stereocenters. The van der Waals surface area contributed by atoms with Crippen LogP contribution in [0.25, 0.3) is 0 Å². The van der Waals surface area contributed by atoms with E-state index in [4.69, 9.17) is 0 Å². The summed E-state index contributed by atoms with van der Waals surface area (Å²) in [5.41, 5.74) is -2.95. The van der Waals surface area contributed by atoms with Crippen LogP contribution in [0.2, 0.25) is 0 Å². The van der Waals surface area contributed by atoms with E-state index < -0.39 is 29.5 Å². The molecule has 0 saturated carbocycles. The molecule has 5 amide bonds. The Balaban J connectivity index is 3.65. The number of likely N-dealkylation sites (N-methyl/N-ethyl adjacent to an activating group) is 2. The smallest absolute Gasteiger partial charge is 0.435 e. The van der Waals surface area contributed by atoms with E-state index in [1.165, 1.54) is 6.92 Å². The number of amides is 5. The van der Waals surface area contributed by atoms with Crippen molar-refractivity contribution in [2.24, 2.45) is 5.16 Å². The van der Waals surface area contributed by atoms with E-state index in [1.807, 2.05) is 0 Å². The minimum atomic E-state index is -2.60. The first-order chi connectivity index (χ1) is 10.2. The van der Waals surface area contributed by atoms with Crippen LogP contribution in [0.3, 0.4) is 0 Å². The first-order valence-electron chi connectivity index (χ1n) is 5.93. The summed E-state index contributed by atoms with van der Waals surface area (Å²) < 4.78 is 4.33. The molecule has 1 N–H and O–H groups in total. The van der Waals surface area contributed by atoms with Crippen molar-refractivity contribution >= 4 is 29.7 Å². The van der Waals surface area contributed by atoms with E-state index in [2.05, 4.69) is 14.7 Å². The topological polar surface area (TPSA) is 129 Å². The maximum absolute atomic E-state index is 12.5. The molecule has 1 aliphatic heterocycles. The van der Waals surface area contributed by atoms with Gasteiger partial charge in [0.25, 0.3) is 17.4 Å². The number of hydrogen-bond acceptors (Lipinski definition) is 8. The van der Waals surface area contributed by atoms with Gasteiger partial charge in [-0.2, -0.15) is 5.06 Å². The fourth-order valence-electron chi connectivity index (χ4n) is 2.05. The normalized spacial score (nSPS) is 18.5. The summed E-state index contributed by atoms with van der Waals surface area (Å²) in [4.78, 5) is 54.1. The molecule has 0 spiro atoms. The van der Waals surface area contributed by atoms with Crippen LogP contribution in [0.4, 0.5) is 9.59 Å². The van der Waals surface area contributed by atoms with E-state index in [9.17, 15) is 24.4 Å². The Bertz CT molecular complexity index is 535. The number of hydrogen-bond donors (Lipinski definition) is 1. The van der Waals surface area contributed by atoms with Gasteiger partial charge in [0.1, 0.15) is 12.8 Å². The molecule has 1 rings (SSSR count). The van der Waals surface area contributed by atoms with Crippen LogP contribution >= 0.6 is 0 Å². The van der Waals surface area contributed by atoms with E-state index in [0.717, 1.165) is 28.3 Å². The minimum absolute atomic E-state index is 0.213. The third kappa shape index (κ3) is 2.15. The zero-order valence-electron chi connectivity index (χ0n) is 12.7. The quantitative estimate of drug-likeness (QED) is 0.314. The van der Waals surface area contributed by atoms with Crippen LogP contribution in [0.15, 0.2) is 5.16 Å². The molecular formula is C11H16N4O7. The van der Waals surface area contributed by atoms with Gasteiger partial charge in [-0.05, 0) is 6.92 Å². The van der Waals surface area contributed by atoms with E-state index in [0.29, 0.717) is 9.80 Å². The fourth-order valence-corrected chi connectivity index (χ4v) is 2.05. The van der Waals surface area contributed by atoms with Gasteiger partial charge in [-0.15, -0.1) is 0 Å². The number of imide groups is 2. The molecule has 1 heterocycles. The molecule has 122 valence electrons. The van der Waals surface area contributed by atoms with Crippen LogP contribution in [-0.4, -0.2) is 83.6 Å². The molecule has 0 bridgehead atoms. The molecule has 11 heteroatoms. The summed E-state index contributed by atoms with van der Waals surface area (Å²) in [7, 11) is 4.27. The summed E-state index contributed by atoms with van der Waals surface area (Å²) >= 11 is 0. The van der Waals surface area contributed by atoms with E-state index >= 15 is 0 Å². The summed E-state index contributed by atoms with van der Waals surface area (Å²) in [6, 6.07) is -0.922. The lowest BCUT2D eigenvalue weighted by Gasteiger charge is -2.43. The van der Waals surface area contributed by atoms with Crippen molar-refractivity contribution < 1.29 is 34.0 Å². The Morgan fingerprint density at radius 3 is 2.00 bits per heavy atom. The Hall–Kier alpha value is -2.69.